The second-order valence-electron chi connectivity index (χ2n) is 8.04. The van der Waals surface area contributed by atoms with Crippen molar-refractivity contribution in [3.8, 4) is 23.3 Å². The number of carbonyl (C=O) groups excluding carboxylic acids is 2. The third-order valence-corrected chi connectivity index (χ3v) is 5.86. The van der Waals surface area contributed by atoms with Crippen molar-refractivity contribution in [2.75, 3.05) is 26.9 Å². The largest absolute Gasteiger partial charge is 0.490 e. The van der Waals surface area contributed by atoms with Crippen LogP contribution in [-0.2, 0) is 9.53 Å². The van der Waals surface area contributed by atoms with Crippen LogP contribution in [0.3, 0.4) is 0 Å². The van der Waals surface area contributed by atoms with E-state index in [0.29, 0.717) is 40.7 Å². The molecule has 0 bridgehead atoms. The third kappa shape index (κ3) is 7.86. The number of methoxy groups -OCH3 is 1. The van der Waals surface area contributed by atoms with Gasteiger partial charge >= 0.3 is 12.0 Å². The van der Waals surface area contributed by atoms with E-state index >= 15 is 0 Å². The van der Waals surface area contributed by atoms with Gasteiger partial charge in [0.2, 0.25) is 0 Å². The van der Waals surface area contributed by atoms with Crippen LogP contribution in [0.2, 0.25) is 0 Å². The van der Waals surface area contributed by atoms with Crippen molar-refractivity contribution in [3.05, 3.63) is 63.3 Å². The van der Waals surface area contributed by atoms with Crippen LogP contribution in [0.25, 0.3) is 0 Å². The molecular formula is C26H28BrN5O7. The predicted molar refractivity (Wildman–Crippen MR) is 144 cm³/mol. The lowest BCUT2D eigenvalue weighted by molar-refractivity contribution is -0.136. The van der Waals surface area contributed by atoms with Crippen LogP contribution in [-0.4, -0.2) is 56.5 Å². The Balaban J connectivity index is 1.70. The van der Waals surface area contributed by atoms with Crippen molar-refractivity contribution >= 4 is 34.1 Å². The maximum absolute atomic E-state index is 12.4. The fraction of sp³-hybridized carbons (Fsp3) is 0.308. The molecule has 0 aliphatic carbocycles. The molecule has 0 saturated heterocycles. The molecule has 1 heterocycles. The first kappa shape index (κ1) is 29.3. The highest BCUT2D eigenvalue weighted by Crippen LogP contribution is 2.35. The fourth-order valence-corrected chi connectivity index (χ4v) is 4.06. The molecule has 2 amide bonds. The van der Waals surface area contributed by atoms with E-state index in [4.69, 9.17) is 24.2 Å². The van der Waals surface area contributed by atoms with E-state index in [0.717, 1.165) is 4.47 Å². The Hall–Kier alpha value is -4.28. The van der Waals surface area contributed by atoms with Gasteiger partial charge in [-0.1, -0.05) is 22.0 Å². The lowest BCUT2D eigenvalue weighted by atomic mass is 9.95. The zero-order valence-electron chi connectivity index (χ0n) is 21.5. The quantitative estimate of drug-likeness (QED) is 0.124. The minimum Gasteiger partial charge on any atom is -0.490 e. The van der Waals surface area contributed by atoms with Gasteiger partial charge in [-0.25, -0.2) is 9.59 Å². The zero-order chi connectivity index (χ0) is 28.4. The summed E-state index contributed by atoms with van der Waals surface area (Å²) in [5, 5.41) is 28.4. The van der Waals surface area contributed by atoms with E-state index < -0.39 is 24.3 Å². The third-order valence-electron chi connectivity index (χ3n) is 5.36. The number of ether oxygens (including phenoxy) is 4. The van der Waals surface area contributed by atoms with Gasteiger partial charge in [-0.15, -0.1) is 0 Å². The number of nitriles is 1. The molecule has 0 radical (unpaired) electrons. The molecule has 0 unspecified atom stereocenters. The van der Waals surface area contributed by atoms with Gasteiger partial charge in [0.25, 0.3) is 0 Å². The summed E-state index contributed by atoms with van der Waals surface area (Å²) >= 11 is 3.37. The van der Waals surface area contributed by atoms with Gasteiger partial charge in [0.1, 0.15) is 18.4 Å². The number of rotatable bonds is 12. The van der Waals surface area contributed by atoms with Gasteiger partial charge in [-0.3, -0.25) is 5.43 Å². The second-order valence-corrected chi connectivity index (χ2v) is 8.96. The number of nitrogens with zero attached hydrogens (tertiary/aromatic N) is 2. The number of carbonyl (C=O) groups is 2. The Kier molecular flexibility index (Phi) is 10.5. The number of benzene rings is 2. The van der Waals surface area contributed by atoms with Crippen LogP contribution in [0.5, 0.6) is 17.2 Å². The standard InChI is InChI=1S/C26H28BrN5O7/c1-4-37-21-12-16(24-23(25(34)36-3)15(2)30-26(35)31-24)5-7-20(21)39-14-22(33)32-29-13-17-11-18(27)6-8-19(17)38-10-9-28/h5-8,11-13,22,24,32-33H,4,10,14H2,1-3H3,(H2,30,31,35)/b29-13-/t22-,24+/m0/s1. The van der Waals surface area contributed by atoms with Gasteiger partial charge in [0, 0.05) is 15.7 Å². The molecule has 3 rings (SSSR count). The average molecular weight is 602 g/mol. The van der Waals surface area contributed by atoms with Crippen molar-refractivity contribution in [2.24, 2.45) is 5.10 Å². The number of halogens is 1. The van der Waals surface area contributed by atoms with E-state index in [1.807, 2.05) is 6.07 Å². The molecule has 2 aromatic carbocycles. The van der Waals surface area contributed by atoms with Gasteiger partial charge in [-0.2, -0.15) is 10.4 Å². The maximum Gasteiger partial charge on any atom is 0.337 e. The topological polar surface area (TPSA) is 164 Å². The lowest BCUT2D eigenvalue weighted by Crippen LogP contribution is -2.45. The van der Waals surface area contributed by atoms with Crippen molar-refractivity contribution in [3.63, 3.8) is 0 Å². The van der Waals surface area contributed by atoms with Crippen LogP contribution in [0.4, 0.5) is 4.79 Å². The van der Waals surface area contributed by atoms with Gasteiger partial charge in [0.05, 0.1) is 31.5 Å². The molecule has 0 aromatic heterocycles. The SMILES string of the molecule is CCOc1cc([C@H]2NC(=O)NC(C)=C2C(=O)OC)ccc1OC[C@H](O)N/N=C\c1cc(Br)ccc1OCC#N. The molecular weight excluding hydrogens is 574 g/mol. The van der Waals surface area contributed by atoms with E-state index in [1.165, 1.54) is 13.3 Å². The Labute approximate surface area is 233 Å². The van der Waals surface area contributed by atoms with Crippen molar-refractivity contribution in [1.82, 2.24) is 16.1 Å². The molecule has 39 heavy (non-hydrogen) atoms. The Morgan fingerprint density at radius 3 is 2.72 bits per heavy atom. The highest BCUT2D eigenvalue weighted by Gasteiger charge is 2.32. The minimum absolute atomic E-state index is 0.114. The minimum atomic E-state index is -1.17. The molecule has 1 aliphatic rings. The monoisotopic (exact) mass is 601 g/mol. The highest BCUT2D eigenvalue weighted by atomic mass is 79.9. The normalized spacial score (nSPS) is 15.6. The Morgan fingerprint density at radius 2 is 2.00 bits per heavy atom. The fourth-order valence-electron chi connectivity index (χ4n) is 3.68. The number of aliphatic hydroxyl groups excluding tert-OH is 1. The van der Waals surface area contributed by atoms with Crippen molar-refractivity contribution in [1.29, 1.82) is 5.26 Å². The van der Waals surface area contributed by atoms with E-state index in [-0.39, 0.29) is 18.8 Å². The Morgan fingerprint density at radius 1 is 1.23 bits per heavy atom. The predicted octanol–water partition coefficient (Wildman–Crippen LogP) is 2.87. The summed E-state index contributed by atoms with van der Waals surface area (Å²) in [5.41, 5.74) is 4.38. The second kappa shape index (κ2) is 14.0. The maximum atomic E-state index is 12.4. The van der Waals surface area contributed by atoms with Crippen LogP contribution in [0.15, 0.2) is 57.2 Å². The summed E-state index contributed by atoms with van der Waals surface area (Å²) in [4.78, 5) is 24.5. The van der Waals surface area contributed by atoms with E-state index in [9.17, 15) is 14.7 Å². The molecule has 206 valence electrons. The van der Waals surface area contributed by atoms with Crippen LogP contribution in [0, 0.1) is 11.3 Å². The molecule has 1 aliphatic heterocycles. The summed E-state index contributed by atoms with van der Waals surface area (Å²) in [7, 11) is 1.27. The van der Waals surface area contributed by atoms with Gasteiger partial charge < -0.3 is 34.7 Å². The number of hydrogen-bond donors (Lipinski definition) is 4. The molecule has 12 nitrogen and oxygen atoms in total. The number of aliphatic hydroxyl groups is 1. The summed E-state index contributed by atoms with van der Waals surface area (Å²) in [5.74, 6) is 0.575. The number of allylic oxidation sites excluding steroid dienone is 1. The molecule has 0 spiro atoms. The molecule has 0 saturated carbocycles. The smallest absolute Gasteiger partial charge is 0.337 e. The number of hydrazone groups is 1. The highest BCUT2D eigenvalue weighted by molar-refractivity contribution is 9.10. The van der Waals surface area contributed by atoms with Crippen molar-refractivity contribution in [2.45, 2.75) is 26.1 Å². The van der Waals surface area contributed by atoms with Crippen LogP contribution < -0.4 is 30.3 Å². The first-order valence-electron chi connectivity index (χ1n) is 11.8. The average Bonchev–Trinajstić information content (AvgIpc) is 2.91. The number of esters is 1. The lowest BCUT2D eigenvalue weighted by Gasteiger charge is -2.28. The van der Waals surface area contributed by atoms with Crippen LogP contribution >= 0.6 is 15.9 Å². The van der Waals surface area contributed by atoms with Crippen LogP contribution in [0.1, 0.15) is 31.0 Å². The molecule has 2 atom stereocenters. The number of amides is 2. The van der Waals surface area contributed by atoms with E-state index in [2.05, 4.69) is 37.1 Å². The zero-order valence-corrected chi connectivity index (χ0v) is 23.1. The number of hydrogen-bond acceptors (Lipinski definition) is 10. The van der Waals surface area contributed by atoms with Gasteiger partial charge in [-0.05, 0) is 49.7 Å². The van der Waals surface area contributed by atoms with E-state index in [1.54, 1.807) is 50.2 Å². The van der Waals surface area contributed by atoms with Crippen molar-refractivity contribution < 1.29 is 33.6 Å². The summed E-state index contributed by atoms with van der Waals surface area (Å²) in [6.07, 6.45) is 0.272. The first-order valence-corrected chi connectivity index (χ1v) is 12.6. The Bertz CT molecular complexity index is 1310. The molecule has 0 fully saturated rings. The molecule has 13 heteroatoms. The number of nitrogens with one attached hydrogen (secondary N) is 3. The molecule has 2 aromatic rings. The summed E-state index contributed by atoms with van der Waals surface area (Å²) in [6, 6.07) is 10.9. The summed E-state index contributed by atoms with van der Waals surface area (Å²) < 4.78 is 22.5. The van der Waals surface area contributed by atoms with Gasteiger partial charge in [0.15, 0.2) is 24.3 Å². The number of urea groups is 1. The summed E-state index contributed by atoms with van der Waals surface area (Å²) in [6.45, 7) is 3.45. The first-order chi connectivity index (χ1) is 18.8. The molecule has 4 N–H and O–H groups in total.